The lowest BCUT2D eigenvalue weighted by Crippen LogP contribution is -2.34. The minimum atomic E-state index is -0.492. The molecule has 0 radical (unpaired) electrons. The van der Waals surface area contributed by atoms with Crippen LogP contribution in [0.2, 0.25) is 0 Å². The van der Waals surface area contributed by atoms with Crippen molar-refractivity contribution in [3.63, 3.8) is 0 Å². The van der Waals surface area contributed by atoms with E-state index >= 15 is 0 Å². The molecule has 0 aromatic heterocycles. The molecular weight excluding hydrogens is 368 g/mol. The quantitative estimate of drug-likeness (QED) is 0.553. The molecule has 18 heavy (non-hydrogen) atoms. The van der Waals surface area contributed by atoms with Crippen LogP contribution in [0, 0.1) is 17.6 Å². The van der Waals surface area contributed by atoms with Crippen LogP contribution in [-0.4, -0.2) is 23.3 Å². The van der Waals surface area contributed by atoms with E-state index in [1.54, 1.807) is 0 Å². The highest BCUT2D eigenvalue weighted by atomic mass is 79.9. The van der Waals surface area contributed by atoms with Crippen LogP contribution in [0.3, 0.4) is 0 Å². The van der Waals surface area contributed by atoms with E-state index in [4.69, 9.17) is 0 Å². The van der Waals surface area contributed by atoms with Crippen molar-refractivity contribution in [2.45, 2.75) is 24.2 Å². The van der Waals surface area contributed by atoms with Crippen molar-refractivity contribution >= 4 is 31.9 Å². The van der Waals surface area contributed by atoms with Gasteiger partial charge in [0.05, 0.1) is 4.47 Å². The van der Waals surface area contributed by atoms with Crippen molar-refractivity contribution in [1.29, 1.82) is 0 Å². The second-order valence-electron chi connectivity index (χ2n) is 4.95. The van der Waals surface area contributed by atoms with Gasteiger partial charge in [-0.3, -0.25) is 0 Å². The third-order valence-electron chi connectivity index (χ3n) is 3.31. The highest BCUT2D eigenvalue weighted by molar-refractivity contribution is 9.10. The molecule has 0 N–H and O–H groups in total. The van der Waals surface area contributed by atoms with E-state index in [1.807, 2.05) is 11.9 Å². The standard InChI is InChI=1S/C13H15Br2F2N/c1-18(6-8-4-9(14)5-8)7-10-12(16)3-2-11(15)13(10)17/h2-3,8-9H,4-7H2,1H3. The van der Waals surface area contributed by atoms with E-state index in [0.29, 0.717) is 21.8 Å². The SMILES string of the molecule is CN(Cc1c(F)ccc(Br)c1F)CC1CC(Br)C1. The summed E-state index contributed by atoms with van der Waals surface area (Å²) in [5.41, 5.74) is 0.140. The van der Waals surface area contributed by atoms with Gasteiger partial charge >= 0.3 is 0 Å². The summed E-state index contributed by atoms with van der Waals surface area (Å²) < 4.78 is 27.7. The molecule has 1 aliphatic rings. The Morgan fingerprint density at radius 2 is 2.00 bits per heavy atom. The van der Waals surface area contributed by atoms with Gasteiger partial charge in [0, 0.05) is 23.5 Å². The molecule has 0 aliphatic heterocycles. The fourth-order valence-corrected chi connectivity index (χ4v) is 3.72. The summed E-state index contributed by atoms with van der Waals surface area (Å²) in [6.45, 7) is 1.19. The highest BCUT2D eigenvalue weighted by Gasteiger charge is 2.28. The molecule has 2 rings (SSSR count). The molecule has 0 heterocycles. The molecule has 1 nitrogen and oxygen atoms in total. The molecule has 0 saturated heterocycles. The molecule has 0 amide bonds. The topological polar surface area (TPSA) is 3.24 Å². The fourth-order valence-electron chi connectivity index (χ4n) is 2.29. The van der Waals surface area contributed by atoms with Gasteiger partial charge in [-0.25, -0.2) is 8.78 Å². The second kappa shape index (κ2) is 5.97. The van der Waals surface area contributed by atoms with Crippen molar-refractivity contribution in [3.8, 4) is 0 Å². The monoisotopic (exact) mass is 381 g/mol. The summed E-state index contributed by atoms with van der Waals surface area (Å²) >= 11 is 6.63. The zero-order valence-electron chi connectivity index (χ0n) is 10.1. The minimum Gasteiger partial charge on any atom is -0.302 e. The number of hydrogen-bond acceptors (Lipinski definition) is 1. The Morgan fingerprint density at radius 1 is 1.33 bits per heavy atom. The summed E-state index contributed by atoms with van der Waals surface area (Å²) in [5.74, 6) is -0.332. The van der Waals surface area contributed by atoms with Crippen LogP contribution in [0.4, 0.5) is 8.78 Å². The zero-order chi connectivity index (χ0) is 13.3. The van der Waals surface area contributed by atoms with Crippen molar-refractivity contribution in [1.82, 2.24) is 4.90 Å². The third kappa shape index (κ3) is 3.31. The van der Waals surface area contributed by atoms with E-state index < -0.39 is 11.6 Å². The first-order chi connectivity index (χ1) is 8.47. The van der Waals surface area contributed by atoms with E-state index in [1.165, 1.54) is 12.1 Å². The third-order valence-corrected chi connectivity index (χ3v) is 4.68. The molecule has 1 saturated carbocycles. The average molecular weight is 383 g/mol. The van der Waals surface area contributed by atoms with Gasteiger partial charge < -0.3 is 4.90 Å². The van der Waals surface area contributed by atoms with Gasteiger partial charge in [-0.1, -0.05) is 15.9 Å². The number of halogens is 4. The Labute approximate surface area is 123 Å². The summed E-state index contributed by atoms with van der Waals surface area (Å²) in [5, 5.41) is 0. The maximum atomic E-state index is 13.8. The molecule has 0 spiro atoms. The van der Waals surface area contributed by atoms with Crippen LogP contribution in [-0.2, 0) is 6.54 Å². The maximum Gasteiger partial charge on any atom is 0.144 e. The van der Waals surface area contributed by atoms with Crippen molar-refractivity contribution in [3.05, 3.63) is 33.8 Å². The molecule has 5 heteroatoms. The van der Waals surface area contributed by atoms with Crippen LogP contribution in [0.25, 0.3) is 0 Å². The second-order valence-corrected chi connectivity index (χ2v) is 7.10. The summed E-state index contributed by atoms with van der Waals surface area (Å²) in [6.07, 6.45) is 2.29. The number of rotatable bonds is 4. The van der Waals surface area contributed by atoms with Gasteiger partial charge in [-0.15, -0.1) is 0 Å². The van der Waals surface area contributed by atoms with Gasteiger partial charge in [-0.05, 0) is 53.9 Å². The molecular formula is C13H15Br2F2N. The Hall–Kier alpha value is -0.0000000000000000555. The molecule has 1 fully saturated rings. The Balaban J connectivity index is 1.98. The smallest absolute Gasteiger partial charge is 0.144 e. The molecule has 0 bridgehead atoms. The molecule has 0 unspecified atom stereocenters. The van der Waals surface area contributed by atoms with Gasteiger partial charge in [0.15, 0.2) is 0 Å². The Morgan fingerprint density at radius 3 is 2.61 bits per heavy atom. The predicted octanol–water partition coefficient (Wildman–Crippen LogP) is 4.33. The normalized spacial score (nSPS) is 23.2. The average Bonchev–Trinajstić information content (AvgIpc) is 2.28. The van der Waals surface area contributed by atoms with E-state index in [9.17, 15) is 8.78 Å². The number of benzene rings is 1. The van der Waals surface area contributed by atoms with Gasteiger partial charge in [0.1, 0.15) is 11.6 Å². The molecule has 1 aromatic carbocycles. The first-order valence-electron chi connectivity index (χ1n) is 5.92. The van der Waals surface area contributed by atoms with Crippen LogP contribution in [0.5, 0.6) is 0 Å². The van der Waals surface area contributed by atoms with Crippen molar-refractivity contribution in [2.75, 3.05) is 13.6 Å². The van der Waals surface area contributed by atoms with Crippen molar-refractivity contribution < 1.29 is 8.78 Å². The van der Waals surface area contributed by atoms with Crippen LogP contribution >= 0.6 is 31.9 Å². The largest absolute Gasteiger partial charge is 0.302 e. The van der Waals surface area contributed by atoms with Crippen LogP contribution < -0.4 is 0 Å². The molecule has 1 aliphatic carbocycles. The van der Waals surface area contributed by atoms with Crippen LogP contribution in [0.1, 0.15) is 18.4 Å². The van der Waals surface area contributed by atoms with Gasteiger partial charge in [0.2, 0.25) is 0 Å². The fraction of sp³-hybridized carbons (Fsp3) is 0.538. The first-order valence-corrected chi connectivity index (χ1v) is 7.63. The van der Waals surface area contributed by atoms with Gasteiger partial charge in [0.25, 0.3) is 0 Å². The molecule has 100 valence electrons. The number of alkyl halides is 1. The van der Waals surface area contributed by atoms with E-state index in [-0.39, 0.29) is 5.56 Å². The molecule has 1 aromatic rings. The Kier molecular flexibility index (Phi) is 4.78. The van der Waals surface area contributed by atoms with Crippen LogP contribution in [0.15, 0.2) is 16.6 Å². The number of hydrogen-bond donors (Lipinski definition) is 0. The zero-order valence-corrected chi connectivity index (χ0v) is 13.3. The lowest BCUT2D eigenvalue weighted by molar-refractivity contribution is 0.204. The summed E-state index contributed by atoms with van der Waals surface area (Å²) in [6, 6.07) is 2.70. The Bertz CT molecular complexity index is 433. The van der Waals surface area contributed by atoms with E-state index in [2.05, 4.69) is 31.9 Å². The maximum absolute atomic E-state index is 13.8. The lowest BCUT2D eigenvalue weighted by Gasteiger charge is -2.34. The first kappa shape index (κ1) is 14.4. The lowest BCUT2D eigenvalue weighted by atomic mass is 9.85. The summed E-state index contributed by atoms with van der Waals surface area (Å²) in [4.78, 5) is 2.60. The van der Waals surface area contributed by atoms with E-state index in [0.717, 1.165) is 19.4 Å². The highest BCUT2D eigenvalue weighted by Crippen LogP contribution is 2.34. The molecule has 0 atom stereocenters. The predicted molar refractivity (Wildman–Crippen MR) is 75.8 cm³/mol. The number of nitrogens with zero attached hydrogens (tertiary/aromatic N) is 1. The minimum absolute atomic E-state index is 0.140. The summed E-state index contributed by atoms with van der Waals surface area (Å²) in [7, 11) is 1.90. The van der Waals surface area contributed by atoms with Crippen molar-refractivity contribution in [2.24, 2.45) is 5.92 Å². The van der Waals surface area contributed by atoms with Gasteiger partial charge in [-0.2, -0.15) is 0 Å².